The first-order valence-corrected chi connectivity index (χ1v) is 6.73. The zero-order valence-corrected chi connectivity index (χ0v) is 11.6. The fourth-order valence-electron chi connectivity index (χ4n) is 1.84. The topological polar surface area (TPSA) is 54.4 Å². The number of aryl methyl sites for hydroxylation is 1. The Bertz CT molecular complexity index is 517. The number of aliphatic hydroxyl groups excluding tert-OH is 1. The van der Waals surface area contributed by atoms with E-state index in [2.05, 4.69) is 10.3 Å². The smallest absolute Gasteiger partial charge is 0.216 e. The van der Waals surface area contributed by atoms with Crippen molar-refractivity contribution in [3.05, 3.63) is 59.8 Å². The highest BCUT2D eigenvalue weighted by Gasteiger charge is 2.06. The molecule has 2 aromatic rings. The van der Waals surface area contributed by atoms with E-state index in [4.69, 9.17) is 4.74 Å². The van der Waals surface area contributed by atoms with E-state index in [0.29, 0.717) is 12.4 Å². The first-order valence-electron chi connectivity index (χ1n) is 6.73. The number of nitrogens with one attached hydrogen (secondary N) is 1. The van der Waals surface area contributed by atoms with Crippen LogP contribution in [0.1, 0.15) is 11.1 Å². The van der Waals surface area contributed by atoms with Gasteiger partial charge in [0.15, 0.2) is 0 Å². The van der Waals surface area contributed by atoms with Crippen molar-refractivity contribution >= 4 is 0 Å². The fraction of sp³-hybridized carbons (Fsp3) is 0.312. The minimum Gasteiger partial charge on any atom is -0.475 e. The monoisotopic (exact) mass is 272 g/mol. The van der Waals surface area contributed by atoms with E-state index in [1.807, 2.05) is 49.4 Å². The lowest BCUT2D eigenvalue weighted by atomic mass is 10.2. The van der Waals surface area contributed by atoms with Crippen molar-refractivity contribution in [2.45, 2.75) is 19.6 Å². The molecule has 0 radical (unpaired) electrons. The average Bonchev–Trinajstić information content (AvgIpc) is 2.47. The van der Waals surface area contributed by atoms with E-state index in [-0.39, 0.29) is 6.61 Å². The summed E-state index contributed by atoms with van der Waals surface area (Å²) in [6.45, 7) is 3.39. The van der Waals surface area contributed by atoms with E-state index in [0.717, 1.165) is 12.1 Å². The Morgan fingerprint density at radius 1 is 1.20 bits per heavy atom. The number of aromatic nitrogens is 1. The molecule has 1 atom stereocenters. The van der Waals surface area contributed by atoms with Crippen LogP contribution in [0.5, 0.6) is 5.88 Å². The normalized spacial score (nSPS) is 12.1. The highest BCUT2D eigenvalue weighted by molar-refractivity contribution is 5.23. The van der Waals surface area contributed by atoms with Crippen molar-refractivity contribution < 1.29 is 9.84 Å². The van der Waals surface area contributed by atoms with E-state index < -0.39 is 6.10 Å². The van der Waals surface area contributed by atoms with Gasteiger partial charge in [0.1, 0.15) is 12.7 Å². The lowest BCUT2D eigenvalue weighted by Crippen LogP contribution is -2.31. The molecule has 0 aliphatic heterocycles. The zero-order chi connectivity index (χ0) is 14.2. The van der Waals surface area contributed by atoms with Crippen LogP contribution in [0.4, 0.5) is 0 Å². The Morgan fingerprint density at radius 3 is 2.75 bits per heavy atom. The van der Waals surface area contributed by atoms with Gasteiger partial charge in [-0.05, 0) is 18.6 Å². The van der Waals surface area contributed by atoms with E-state index in [9.17, 15) is 5.11 Å². The molecule has 106 valence electrons. The largest absolute Gasteiger partial charge is 0.475 e. The molecule has 1 heterocycles. The molecule has 0 spiro atoms. The van der Waals surface area contributed by atoms with Gasteiger partial charge in [0, 0.05) is 24.8 Å². The molecule has 1 aromatic heterocycles. The number of ether oxygens (including phenoxy) is 1. The van der Waals surface area contributed by atoms with Crippen LogP contribution in [0, 0.1) is 6.92 Å². The Hall–Kier alpha value is -1.91. The number of aliphatic hydroxyl groups is 1. The van der Waals surface area contributed by atoms with E-state index in [1.54, 1.807) is 6.20 Å². The standard InChI is InChI=1S/C16H20N2O2/c1-13-6-5-9-18-16(13)20-12-15(19)11-17-10-14-7-3-2-4-8-14/h2-9,15,17,19H,10-12H2,1H3. The summed E-state index contributed by atoms with van der Waals surface area (Å²) in [4.78, 5) is 4.12. The molecule has 0 fully saturated rings. The van der Waals surface area contributed by atoms with Crippen molar-refractivity contribution in [1.82, 2.24) is 10.3 Å². The third kappa shape index (κ3) is 4.64. The van der Waals surface area contributed by atoms with Gasteiger partial charge in [-0.15, -0.1) is 0 Å². The van der Waals surface area contributed by atoms with Crippen molar-refractivity contribution in [2.24, 2.45) is 0 Å². The molecular weight excluding hydrogens is 252 g/mol. The first kappa shape index (κ1) is 14.5. The number of hydrogen-bond donors (Lipinski definition) is 2. The van der Waals surface area contributed by atoms with Gasteiger partial charge >= 0.3 is 0 Å². The SMILES string of the molecule is Cc1cccnc1OCC(O)CNCc1ccccc1. The van der Waals surface area contributed by atoms with Crippen LogP contribution >= 0.6 is 0 Å². The molecule has 0 saturated carbocycles. The summed E-state index contributed by atoms with van der Waals surface area (Å²) in [5.41, 5.74) is 2.16. The summed E-state index contributed by atoms with van der Waals surface area (Å²) in [6, 6.07) is 13.9. The molecule has 1 unspecified atom stereocenters. The number of pyridine rings is 1. The average molecular weight is 272 g/mol. The Kier molecular flexibility index (Phi) is 5.53. The predicted octanol–water partition coefficient (Wildman–Crippen LogP) is 1.92. The van der Waals surface area contributed by atoms with Crippen molar-refractivity contribution in [3.63, 3.8) is 0 Å². The Morgan fingerprint density at radius 2 is 2.00 bits per heavy atom. The van der Waals surface area contributed by atoms with Gasteiger partial charge in [-0.3, -0.25) is 0 Å². The molecule has 20 heavy (non-hydrogen) atoms. The summed E-state index contributed by atoms with van der Waals surface area (Å²) >= 11 is 0. The van der Waals surface area contributed by atoms with Crippen molar-refractivity contribution in [2.75, 3.05) is 13.2 Å². The number of nitrogens with zero attached hydrogens (tertiary/aromatic N) is 1. The summed E-state index contributed by atoms with van der Waals surface area (Å²) in [7, 11) is 0. The van der Waals surface area contributed by atoms with Crippen molar-refractivity contribution in [1.29, 1.82) is 0 Å². The summed E-state index contributed by atoms with van der Waals surface area (Å²) in [5, 5.41) is 13.1. The van der Waals surface area contributed by atoms with Crippen LogP contribution in [0.25, 0.3) is 0 Å². The van der Waals surface area contributed by atoms with Crippen LogP contribution in [0.15, 0.2) is 48.7 Å². The van der Waals surface area contributed by atoms with Gasteiger partial charge in [0.05, 0.1) is 0 Å². The maximum absolute atomic E-state index is 9.86. The van der Waals surface area contributed by atoms with Crippen LogP contribution in [0.2, 0.25) is 0 Å². The molecule has 2 N–H and O–H groups in total. The summed E-state index contributed by atoms with van der Waals surface area (Å²) in [5.74, 6) is 0.578. The number of rotatable bonds is 7. The van der Waals surface area contributed by atoms with Gasteiger partial charge in [0.2, 0.25) is 5.88 Å². The molecule has 4 nitrogen and oxygen atoms in total. The first-order chi connectivity index (χ1) is 9.75. The second-order valence-electron chi connectivity index (χ2n) is 4.71. The predicted molar refractivity (Wildman–Crippen MR) is 78.6 cm³/mol. The maximum atomic E-state index is 9.86. The fourth-order valence-corrected chi connectivity index (χ4v) is 1.84. The minimum atomic E-state index is -0.555. The Labute approximate surface area is 119 Å². The summed E-state index contributed by atoms with van der Waals surface area (Å²) < 4.78 is 5.50. The molecule has 0 aliphatic rings. The van der Waals surface area contributed by atoms with Crippen LogP contribution in [0.3, 0.4) is 0 Å². The molecule has 0 aliphatic carbocycles. The van der Waals surface area contributed by atoms with Gasteiger partial charge in [0.25, 0.3) is 0 Å². The lowest BCUT2D eigenvalue weighted by Gasteiger charge is -2.13. The minimum absolute atomic E-state index is 0.236. The van der Waals surface area contributed by atoms with Gasteiger partial charge in [-0.2, -0.15) is 0 Å². The molecule has 0 amide bonds. The van der Waals surface area contributed by atoms with Gasteiger partial charge in [-0.25, -0.2) is 4.98 Å². The second-order valence-corrected chi connectivity index (χ2v) is 4.71. The second kappa shape index (κ2) is 7.62. The van der Waals surface area contributed by atoms with Crippen molar-refractivity contribution in [3.8, 4) is 5.88 Å². The summed E-state index contributed by atoms with van der Waals surface area (Å²) in [6.07, 6.45) is 1.13. The molecular formula is C16H20N2O2. The third-order valence-electron chi connectivity index (χ3n) is 2.93. The zero-order valence-electron chi connectivity index (χ0n) is 11.6. The van der Waals surface area contributed by atoms with Crippen LogP contribution in [-0.4, -0.2) is 29.3 Å². The quantitative estimate of drug-likeness (QED) is 0.808. The molecule has 4 heteroatoms. The number of benzene rings is 1. The van der Waals surface area contributed by atoms with Gasteiger partial charge < -0.3 is 15.2 Å². The third-order valence-corrected chi connectivity index (χ3v) is 2.93. The van der Waals surface area contributed by atoms with Gasteiger partial charge in [-0.1, -0.05) is 36.4 Å². The lowest BCUT2D eigenvalue weighted by molar-refractivity contribution is 0.103. The maximum Gasteiger partial charge on any atom is 0.216 e. The highest BCUT2D eigenvalue weighted by atomic mass is 16.5. The van der Waals surface area contributed by atoms with E-state index in [1.165, 1.54) is 5.56 Å². The highest BCUT2D eigenvalue weighted by Crippen LogP contribution is 2.12. The molecule has 0 bridgehead atoms. The molecule has 2 rings (SSSR count). The van der Waals surface area contributed by atoms with Crippen LogP contribution in [-0.2, 0) is 6.54 Å². The molecule has 0 saturated heterocycles. The van der Waals surface area contributed by atoms with Crippen LogP contribution < -0.4 is 10.1 Å². The molecule has 1 aromatic carbocycles. The van der Waals surface area contributed by atoms with E-state index >= 15 is 0 Å². The number of hydrogen-bond acceptors (Lipinski definition) is 4. The Balaban J connectivity index is 1.68.